The summed E-state index contributed by atoms with van der Waals surface area (Å²) in [4.78, 5) is 13.9. The van der Waals surface area contributed by atoms with Gasteiger partial charge in [0.1, 0.15) is 6.54 Å². The predicted molar refractivity (Wildman–Crippen MR) is 75.3 cm³/mol. The number of carbonyl (C=O) groups excluding carboxylic acids is 1. The molecule has 5 nitrogen and oxygen atoms in total. The van der Waals surface area contributed by atoms with Gasteiger partial charge in [-0.3, -0.25) is 4.79 Å². The van der Waals surface area contributed by atoms with Crippen LogP contribution in [0, 0.1) is 11.3 Å². The van der Waals surface area contributed by atoms with E-state index in [1.54, 1.807) is 10.9 Å². The molecule has 0 atom stereocenters. The second kappa shape index (κ2) is 6.02. The van der Waals surface area contributed by atoms with Crippen LogP contribution < -0.4 is 0 Å². The Labute approximate surface area is 118 Å². The molecule has 20 heavy (non-hydrogen) atoms. The van der Waals surface area contributed by atoms with Crippen molar-refractivity contribution < 1.29 is 4.79 Å². The molecular weight excluding hydrogens is 252 g/mol. The molecule has 0 bridgehead atoms. The number of carbonyl (C=O) groups is 1. The van der Waals surface area contributed by atoms with Crippen LogP contribution in [0.3, 0.4) is 0 Å². The number of para-hydroxylation sites is 1. The van der Waals surface area contributed by atoms with Gasteiger partial charge in [-0.1, -0.05) is 18.2 Å². The van der Waals surface area contributed by atoms with Gasteiger partial charge in [0.05, 0.1) is 23.5 Å². The summed E-state index contributed by atoms with van der Waals surface area (Å²) in [5.41, 5.74) is 1.38. The van der Waals surface area contributed by atoms with Gasteiger partial charge in [-0.15, -0.1) is 0 Å². The maximum Gasteiger partial charge on any atom is 0.258 e. The summed E-state index contributed by atoms with van der Waals surface area (Å²) in [6, 6.07) is 11.6. The van der Waals surface area contributed by atoms with Crippen LogP contribution >= 0.6 is 0 Å². The third-order valence-corrected chi connectivity index (χ3v) is 2.98. The number of nitrogens with zero attached hydrogens (tertiary/aromatic N) is 4. The van der Waals surface area contributed by atoms with Crippen LogP contribution in [-0.2, 0) is 0 Å². The number of hydrogen-bond donors (Lipinski definition) is 0. The maximum atomic E-state index is 12.3. The van der Waals surface area contributed by atoms with E-state index in [2.05, 4.69) is 5.10 Å². The zero-order chi connectivity index (χ0) is 14.5. The number of hydrogen-bond acceptors (Lipinski definition) is 3. The van der Waals surface area contributed by atoms with E-state index in [1.165, 1.54) is 11.1 Å². The lowest BCUT2D eigenvalue weighted by Crippen LogP contribution is -2.37. The lowest BCUT2D eigenvalue weighted by molar-refractivity contribution is 0.0731. The lowest BCUT2D eigenvalue weighted by atomic mass is 10.2. The van der Waals surface area contributed by atoms with Crippen molar-refractivity contribution in [1.82, 2.24) is 14.7 Å². The summed E-state index contributed by atoms with van der Waals surface area (Å²) >= 11 is 0. The molecule has 0 unspecified atom stereocenters. The number of rotatable bonds is 4. The molecule has 0 spiro atoms. The summed E-state index contributed by atoms with van der Waals surface area (Å²) < 4.78 is 1.65. The minimum Gasteiger partial charge on any atom is -0.323 e. The second-order valence-corrected chi connectivity index (χ2v) is 4.69. The van der Waals surface area contributed by atoms with Gasteiger partial charge in [-0.25, -0.2) is 4.68 Å². The molecule has 0 aliphatic carbocycles. The molecule has 1 amide bonds. The van der Waals surface area contributed by atoms with Crippen molar-refractivity contribution in [2.75, 3.05) is 6.54 Å². The van der Waals surface area contributed by atoms with E-state index in [0.717, 1.165) is 5.69 Å². The average molecular weight is 268 g/mol. The molecule has 1 heterocycles. The third kappa shape index (κ3) is 2.86. The van der Waals surface area contributed by atoms with Crippen LogP contribution in [0.1, 0.15) is 24.2 Å². The van der Waals surface area contributed by atoms with Crippen molar-refractivity contribution in [2.24, 2.45) is 0 Å². The quantitative estimate of drug-likeness (QED) is 0.799. The van der Waals surface area contributed by atoms with Crippen LogP contribution in [0.4, 0.5) is 0 Å². The first-order chi connectivity index (χ1) is 9.63. The molecule has 5 heteroatoms. The first-order valence-electron chi connectivity index (χ1n) is 6.41. The standard InChI is InChI=1S/C15H16N4O/c1-12(2)18(9-8-16)15(20)13-10-17-19(11-13)14-6-4-3-5-7-14/h3-7,10-12H,9H2,1-2H3. The zero-order valence-corrected chi connectivity index (χ0v) is 11.5. The summed E-state index contributed by atoms with van der Waals surface area (Å²) in [6.45, 7) is 3.85. The van der Waals surface area contributed by atoms with Crippen molar-refractivity contribution in [1.29, 1.82) is 5.26 Å². The maximum absolute atomic E-state index is 12.3. The Balaban J connectivity index is 2.24. The summed E-state index contributed by atoms with van der Waals surface area (Å²) in [6.07, 6.45) is 3.21. The lowest BCUT2D eigenvalue weighted by Gasteiger charge is -2.22. The fraction of sp³-hybridized carbons (Fsp3) is 0.267. The normalized spacial score (nSPS) is 10.3. The molecule has 0 aliphatic rings. The summed E-state index contributed by atoms with van der Waals surface area (Å²) in [5, 5.41) is 13.0. The number of benzene rings is 1. The molecule has 0 saturated heterocycles. The number of nitriles is 1. The average Bonchev–Trinajstić information content (AvgIpc) is 2.94. The highest BCUT2D eigenvalue weighted by Gasteiger charge is 2.19. The molecule has 102 valence electrons. The Kier molecular flexibility index (Phi) is 4.16. The Bertz CT molecular complexity index is 625. The van der Waals surface area contributed by atoms with Crippen molar-refractivity contribution >= 4 is 5.91 Å². The Morgan fingerprint density at radius 2 is 2.10 bits per heavy atom. The SMILES string of the molecule is CC(C)N(CC#N)C(=O)c1cnn(-c2ccccc2)c1. The van der Waals surface area contributed by atoms with E-state index in [9.17, 15) is 4.79 Å². The van der Waals surface area contributed by atoms with E-state index in [1.807, 2.05) is 50.2 Å². The Morgan fingerprint density at radius 1 is 1.40 bits per heavy atom. The van der Waals surface area contributed by atoms with E-state index < -0.39 is 0 Å². The molecule has 2 rings (SSSR count). The van der Waals surface area contributed by atoms with Gasteiger partial charge in [-0.2, -0.15) is 10.4 Å². The molecular formula is C15H16N4O. The van der Waals surface area contributed by atoms with E-state index >= 15 is 0 Å². The second-order valence-electron chi connectivity index (χ2n) is 4.69. The Hall–Kier alpha value is -2.61. The van der Waals surface area contributed by atoms with Crippen molar-refractivity contribution in [2.45, 2.75) is 19.9 Å². The molecule has 0 aliphatic heterocycles. The van der Waals surface area contributed by atoms with E-state index in [4.69, 9.17) is 5.26 Å². The molecule has 0 saturated carbocycles. The highest BCUT2D eigenvalue weighted by Crippen LogP contribution is 2.11. The van der Waals surface area contributed by atoms with Gasteiger partial charge in [0.2, 0.25) is 0 Å². The summed E-state index contributed by atoms with van der Waals surface area (Å²) in [7, 11) is 0. The fourth-order valence-electron chi connectivity index (χ4n) is 1.89. The van der Waals surface area contributed by atoms with Gasteiger partial charge < -0.3 is 4.90 Å². The first kappa shape index (κ1) is 13.8. The van der Waals surface area contributed by atoms with Gasteiger partial charge in [-0.05, 0) is 26.0 Å². The largest absolute Gasteiger partial charge is 0.323 e. The van der Waals surface area contributed by atoms with Crippen molar-refractivity contribution in [3.8, 4) is 11.8 Å². The minimum atomic E-state index is -0.177. The van der Waals surface area contributed by atoms with Crippen LogP contribution in [0.5, 0.6) is 0 Å². The molecule has 1 aromatic heterocycles. The van der Waals surface area contributed by atoms with Gasteiger partial charge in [0.25, 0.3) is 5.91 Å². The van der Waals surface area contributed by atoms with Crippen LogP contribution in [0.25, 0.3) is 5.69 Å². The number of aromatic nitrogens is 2. The van der Waals surface area contributed by atoms with Gasteiger partial charge >= 0.3 is 0 Å². The van der Waals surface area contributed by atoms with Crippen LogP contribution in [-0.4, -0.2) is 33.2 Å². The number of amides is 1. The molecule has 1 aromatic carbocycles. The topological polar surface area (TPSA) is 61.9 Å². The molecule has 0 N–H and O–H groups in total. The molecule has 0 fully saturated rings. The first-order valence-corrected chi connectivity index (χ1v) is 6.41. The van der Waals surface area contributed by atoms with Crippen LogP contribution in [0.2, 0.25) is 0 Å². The highest BCUT2D eigenvalue weighted by atomic mass is 16.2. The fourth-order valence-corrected chi connectivity index (χ4v) is 1.89. The third-order valence-electron chi connectivity index (χ3n) is 2.98. The van der Waals surface area contributed by atoms with E-state index in [-0.39, 0.29) is 18.5 Å². The smallest absolute Gasteiger partial charge is 0.258 e. The monoisotopic (exact) mass is 268 g/mol. The van der Waals surface area contributed by atoms with E-state index in [0.29, 0.717) is 5.56 Å². The zero-order valence-electron chi connectivity index (χ0n) is 11.5. The molecule has 0 radical (unpaired) electrons. The van der Waals surface area contributed by atoms with Crippen molar-refractivity contribution in [3.63, 3.8) is 0 Å². The van der Waals surface area contributed by atoms with Crippen molar-refractivity contribution in [3.05, 3.63) is 48.3 Å². The highest BCUT2D eigenvalue weighted by molar-refractivity contribution is 5.94. The summed E-state index contributed by atoms with van der Waals surface area (Å²) in [5.74, 6) is -0.177. The predicted octanol–water partition coefficient (Wildman–Crippen LogP) is 2.25. The molecule has 2 aromatic rings. The van der Waals surface area contributed by atoms with Crippen LogP contribution in [0.15, 0.2) is 42.7 Å². The van der Waals surface area contributed by atoms with Gasteiger partial charge in [0, 0.05) is 12.2 Å². The minimum absolute atomic E-state index is 0.0257. The Morgan fingerprint density at radius 3 is 2.70 bits per heavy atom. The van der Waals surface area contributed by atoms with Gasteiger partial charge in [0.15, 0.2) is 0 Å².